The van der Waals surface area contributed by atoms with Gasteiger partial charge >= 0.3 is 6.18 Å². The van der Waals surface area contributed by atoms with Crippen LogP contribution in [0.2, 0.25) is 0 Å². The van der Waals surface area contributed by atoms with Gasteiger partial charge in [-0.15, -0.1) is 0 Å². The molecule has 1 amide bonds. The van der Waals surface area contributed by atoms with Crippen molar-refractivity contribution in [1.29, 1.82) is 0 Å². The molecular formula is C29H33F3N7O2P. The molecule has 0 fully saturated rings. The Morgan fingerprint density at radius 3 is 2.50 bits per heavy atom. The molecule has 0 aliphatic rings. The average molecular weight is 600 g/mol. The zero-order chi connectivity index (χ0) is 30.3. The van der Waals surface area contributed by atoms with Gasteiger partial charge in [0.2, 0.25) is 5.95 Å². The van der Waals surface area contributed by atoms with Gasteiger partial charge < -0.3 is 20.5 Å². The standard InChI is InChI=1S/C29H33F3N7O2P/c1-5-41-42-17-19-6-9-22(10-7-19)36-28-34-14-24(29(30,31)32)26(38-28)37-25-11-8-20(12-23(25)27(40)33-4)21-13-35-39(16-21)15-18(2)3/h6-14,16,18,42H,5,15,17H2,1-4H3,(H,33,40)(H2,34,36,37,38). The normalized spacial score (nSPS) is 11.8. The van der Waals surface area contributed by atoms with E-state index in [-0.39, 0.29) is 17.2 Å². The van der Waals surface area contributed by atoms with Crippen molar-refractivity contribution in [3.63, 3.8) is 0 Å². The Morgan fingerprint density at radius 2 is 1.83 bits per heavy atom. The van der Waals surface area contributed by atoms with E-state index in [0.717, 1.165) is 23.8 Å². The quantitative estimate of drug-likeness (QED) is 0.119. The molecule has 222 valence electrons. The van der Waals surface area contributed by atoms with Gasteiger partial charge in [0.05, 0.1) is 17.4 Å². The van der Waals surface area contributed by atoms with Crippen molar-refractivity contribution in [2.75, 3.05) is 24.3 Å². The summed E-state index contributed by atoms with van der Waals surface area (Å²) in [7, 11) is 1.81. The van der Waals surface area contributed by atoms with E-state index in [2.05, 4.69) is 44.9 Å². The van der Waals surface area contributed by atoms with Crippen LogP contribution in [0.1, 0.15) is 42.3 Å². The Balaban J connectivity index is 1.63. The Bertz CT molecular complexity index is 1510. The first-order chi connectivity index (χ1) is 20.1. The third kappa shape index (κ3) is 8.04. The molecule has 0 bridgehead atoms. The predicted octanol–water partition coefficient (Wildman–Crippen LogP) is 6.99. The molecule has 0 spiro atoms. The smallest absolute Gasteiger partial charge is 0.362 e. The first-order valence-corrected chi connectivity index (χ1v) is 14.5. The number of hydrogen-bond acceptors (Lipinski definition) is 7. The number of carbonyl (C=O) groups is 1. The monoisotopic (exact) mass is 599 g/mol. The van der Waals surface area contributed by atoms with E-state index in [9.17, 15) is 18.0 Å². The first kappa shape index (κ1) is 30.9. The minimum atomic E-state index is -4.73. The topological polar surface area (TPSA) is 106 Å². The number of benzene rings is 2. The molecule has 0 radical (unpaired) electrons. The van der Waals surface area contributed by atoms with E-state index < -0.39 is 23.5 Å². The molecule has 13 heteroatoms. The van der Waals surface area contributed by atoms with E-state index in [1.807, 2.05) is 29.9 Å². The summed E-state index contributed by atoms with van der Waals surface area (Å²) in [6.07, 6.45) is 0.306. The molecule has 4 rings (SSSR count). The Morgan fingerprint density at radius 1 is 1.07 bits per heavy atom. The van der Waals surface area contributed by atoms with Gasteiger partial charge in [0.25, 0.3) is 5.91 Å². The van der Waals surface area contributed by atoms with Crippen molar-refractivity contribution in [3.05, 3.63) is 77.7 Å². The van der Waals surface area contributed by atoms with E-state index in [0.29, 0.717) is 38.8 Å². The summed E-state index contributed by atoms with van der Waals surface area (Å²) in [4.78, 5) is 20.8. The molecule has 1 unspecified atom stereocenters. The summed E-state index contributed by atoms with van der Waals surface area (Å²) in [6, 6.07) is 12.3. The maximum atomic E-state index is 13.9. The fraction of sp³-hybridized carbons (Fsp3) is 0.310. The largest absolute Gasteiger partial charge is 0.421 e. The Hall–Kier alpha value is -4.02. The molecule has 0 aliphatic carbocycles. The molecule has 2 aromatic carbocycles. The number of aromatic nitrogens is 4. The van der Waals surface area contributed by atoms with Crippen LogP contribution in [0.15, 0.2) is 61.1 Å². The van der Waals surface area contributed by atoms with Crippen molar-refractivity contribution in [1.82, 2.24) is 25.1 Å². The zero-order valence-corrected chi connectivity index (χ0v) is 24.7. The fourth-order valence-electron chi connectivity index (χ4n) is 4.09. The fourth-order valence-corrected chi connectivity index (χ4v) is 4.79. The zero-order valence-electron chi connectivity index (χ0n) is 23.7. The molecule has 0 saturated carbocycles. The van der Waals surface area contributed by atoms with Gasteiger partial charge in [0.15, 0.2) is 0 Å². The summed E-state index contributed by atoms with van der Waals surface area (Å²) in [6.45, 7) is 7.47. The van der Waals surface area contributed by atoms with E-state index in [1.165, 1.54) is 7.05 Å². The highest BCUT2D eigenvalue weighted by Gasteiger charge is 2.35. The second kappa shape index (κ2) is 13.8. The predicted molar refractivity (Wildman–Crippen MR) is 160 cm³/mol. The SMILES string of the molecule is CCOPCc1ccc(Nc2ncc(C(F)(F)F)c(Nc3ccc(-c4cnn(CC(C)C)c4)cc3C(=O)NC)n2)cc1. The lowest BCUT2D eigenvalue weighted by atomic mass is 10.0. The van der Waals surface area contributed by atoms with Gasteiger partial charge in [-0.05, 0) is 48.2 Å². The van der Waals surface area contributed by atoms with Crippen molar-refractivity contribution in [3.8, 4) is 11.1 Å². The minimum Gasteiger partial charge on any atom is -0.362 e. The van der Waals surface area contributed by atoms with Crippen LogP contribution in [0.25, 0.3) is 11.1 Å². The van der Waals surface area contributed by atoms with Crippen LogP contribution in [0.4, 0.5) is 36.3 Å². The highest BCUT2D eigenvalue weighted by atomic mass is 31.1. The molecule has 0 aliphatic heterocycles. The number of carbonyl (C=O) groups excluding carboxylic acids is 1. The van der Waals surface area contributed by atoms with Crippen LogP contribution in [-0.2, 0) is 23.4 Å². The van der Waals surface area contributed by atoms with Crippen molar-refractivity contribution in [2.45, 2.75) is 39.7 Å². The third-order valence-corrected chi connectivity index (χ3v) is 7.14. The molecule has 2 aromatic heterocycles. The lowest BCUT2D eigenvalue weighted by molar-refractivity contribution is -0.137. The molecular weight excluding hydrogens is 566 g/mol. The number of nitrogens with one attached hydrogen (secondary N) is 3. The Labute approximate surface area is 244 Å². The number of anilines is 4. The average Bonchev–Trinajstić information content (AvgIpc) is 3.41. The number of rotatable bonds is 12. The van der Waals surface area contributed by atoms with Crippen molar-refractivity contribution >= 4 is 37.9 Å². The lowest BCUT2D eigenvalue weighted by Gasteiger charge is -2.17. The number of alkyl halides is 3. The van der Waals surface area contributed by atoms with Gasteiger partial charge in [-0.2, -0.15) is 23.3 Å². The van der Waals surface area contributed by atoms with Gasteiger partial charge in [0.1, 0.15) is 11.4 Å². The molecule has 3 N–H and O–H groups in total. The number of hydrogen-bond donors (Lipinski definition) is 3. The molecule has 1 atom stereocenters. The van der Waals surface area contributed by atoms with Gasteiger partial charge in [-0.1, -0.05) is 32.0 Å². The second-order valence-electron chi connectivity index (χ2n) is 9.84. The molecule has 2 heterocycles. The molecule has 9 nitrogen and oxygen atoms in total. The van der Waals surface area contributed by atoms with E-state index in [1.54, 1.807) is 36.5 Å². The first-order valence-electron chi connectivity index (χ1n) is 13.4. The van der Waals surface area contributed by atoms with Gasteiger partial charge in [-0.3, -0.25) is 9.48 Å². The van der Waals surface area contributed by atoms with Crippen LogP contribution in [0, 0.1) is 5.92 Å². The van der Waals surface area contributed by atoms with E-state index >= 15 is 0 Å². The maximum absolute atomic E-state index is 13.9. The summed E-state index contributed by atoms with van der Waals surface area (Å²) in [5, 5.41) is 12.6. The third-order valence-electron chi connectivity index (χ3n) is 6.09. The minimum absolute atomic E-state index is 0.0369. The van der Waals surface area contributed by atoms with Crippen molar-refractivity contribution < 1.29 is 22.5 Å². The summed E-state index contributed by atoms with van der Waals surface area (Å²) in [5.41, 5.74) is 2.39. The number of amides is 1. The highest BCUT2D eigenvalue weighted by molar-refractivity contribution is 7.31. The van der Waals surface area contributed by atoms with Crippen LogP contribution < -0.4 is 16.0 Å². The van der Waals surface area contributed by atoms with Crippen molar-refractivity contribution in [2.24, 2.45) is 5.92 Å². The van der Waals surface area contributed by atoms with Gasteiger partial charge in [0, 0.05) is 58.8 Å². The second-order valence-corrected chi connectivity index (χ2v) is 10.8. The summed E-state index contributed by atoms with van der Waals surface area (Å²) in [5.74, 6) is -0.603. The summed E-state index contributed by atoms with van der Waals surface area (Å²) >= 11 is 0. The number of halogens is 3. The summed E-state index contributed by atoms with van der Waals surface area (Å²) < 4.78 is 49.1. The van der Waals surface area contributed by atoms with Crippen LogP contribution in [0.3, 0.4) is 0 Å². The van der Waals surface area contributed by atoms with Gasteiger partial charge in [-0.25, -0.2) is 4.98 Å². The van der Waals surface area contributed by atoms with Crippen LogP contribution >= 0.6 is 8.81 Å². The van der Waals surface area contributed by atoms with E-state index in [4.69, 9.17) is 4.52 Å². The van der Waals surface area contributed by atoms with Crippen LogP contribution in [-0.4, -0.2) is 39.3 Å². The Kier molecular flexibility index (Phi) is 10.1. The number of nitrogens with zero attached hydrogens (tertiary/aromatic N) is 4. The van der Waals surface area contributed by atoms with Crippen LogP contribution in [0.5, 0.6) is 0 Å². The lowest BCUT2D eigenvalue weighted by Crippen LogP contribution is -2.20. The highest BCUT2D eigenvalue weighted by Crippen LogP contribution is 2.36. The molecule has 4 aromatic rings. The maximum Gasteiger partial charge on any atom is 0.421 e. The molecule has 42 heavy (non-hydrogen) atoms. The molecule has 0 saturated heterocycles.